The lowest BCUT2D eigenvalue weighted by molar-refractivity contribution is -0.149. The Morgan fingerprint density at radius 1 is 1.19 bits per heavy atom. The SMILES string of the molecule is CCOC(=O)C1CCCN(C(=O)c2ccc(/C=C3/Sc4ccccc4NC3=O)cc2)C1. The highest BCUT2D eigenvalue weighted by Crippen LogP contribution is 2.38. The number of anilines is 1. The average molecular weight is 437 g/mol. The topological polar surface area (TPSA) is 75.7 Å². The first-order chi connectivity index (χ1) is 15.0. The molecule has 2 aliphatic heterocycles. The van der Waals surface area contributed by atoms with E-state index in [-0.39, 0.29) is 23.7 Å². The summed E-state index contributed by atoms with van der Waals surface area (Å²) < 4.78 is 5.12. The zero-order chi connectivity index (χ0) is 21.8. The van der Waals surface area contributed by atoms with Crippen LogP contribution in [0.25, 0.3) is 6.08 Å². The Bertz CT molecular complexity index is 1030. The zero-order valence-corrected chi connectivity index (χ0v) is 18.1. The van der Waals surface area contributed by atoms with E-state index in [1.165, 1.54) is 11.8 Å². The van der Waals surface area contributed by atoms with Crippen LogP contribution in [0, 0.1) is 5.92 Å². The molecule has 4 rings (SSSR count). The number of rotatable bonds is 4. The zero-order valence-electron chi connectivity index (χ0n) is 17.3. The minimum atomic E-state index is -0.258. The van der Waals surface area contributed by atoms with Crippen LogP contribution in [-0.2, 0) is 14.3 Å². The van der Waals surface area contributed by atoms with Gasteiger partial charge in [0.1, 0.15) is 0 Å². The first-order valence-corrected chi connectivity index (χ1v) is 11.2. The van der Waals surface area contributed by atoms with E-state index in [4.69, 9.17) is 4.74 Å². The summed E-state index contributed by atoms with van der Waals surface area (Å²) in [6, 6.07) is 14.9. The highest BCUT2D eigenvalue weighted by atomic mass is 32.2. The van der Waals surface area contributed by atoms with Crippen molar-refractivity contribution in [3.8, 4) is 0 Å². The summed E-state index contributed by atoms with van der Waals surface area (Å²) in [6.45, 7) is 3.16. The molecule has 2 aliphatic rings. The van der Waals surface area contributed by atoms with Gasteiger partial charge >= 0.3 is 5.97 Å². The third-order valence-corrected chi connectivity index (χ3v) is 6.46. The van der Waals surface area contributed by atoms with Crippen molar-refractivity contribution < 1.29 is 19.1 Å². The lowest BCUT2D eigenvalue weighted by atomic mass is 9.97. The van der Waals surface area contributed by atoms with Crippen LogP contribution in [0.15, 0.2) is 58.3 Å². The van der Waals surface area contributed by atoms with Crippen LogP contribution in [0.5, 0.6) is 0 Å². The Labute approximate surface area is 185 Å². The molecule has 2 aromatic carbocycles. The third-order valence-electron chi connectivity index (χ3n) is 5.36. The monoisotopic (exact) mass is 436 g/mol. The molecular formula is C24H24N2O4S. The second-order valence-electron chi connectivity index (χ2n) is 7.53. The van der Waals surface area contributed by atoms with Gasteiger partial charge in [0.25, 0.3) is 11.8 Å². The number of hydrogen-bond donors (Lipinski definition) is 1. The van der Waals surface area contributed by atoms with Crippen molar-refractivity contribution >= 4 is 41.3 Å². The van der Waals surface area contributed by atoms with Gasteiger partial charge in [-0.1, -0.05) is 36.0 Å². The molecule has 31 heavy (non-hydrogen) atoms. The lowest BCUT2D eigenvalue weighted by Crippen LogP contribution is -2.42. The molecule has 2 aromatic rings. The second-order valence-corrected chi connectivity index (χ2v) is 8.61. The first-order valence-electron chi connectivity index (χ1n) is 10.4. The van der Waals surface area contributed by atoms with Gasteiger partial charge in [0.05, 0.1) is 23.1 Å². The molecule has 1 fully saturated rings. The van der Waals surface area contributed by atoms with E-state index in [0.29, 0.717) is 30.2 Å². The summed E-state index contributed by atoms with van der Waals surface area (Å²) >= 11 is 1.43. The summed E-state index contributed by atoms with van der Waals surface area (Å²) in [6.07, 6.45) is 3.35. The van der Waals surface area contributed by atoms with E-state index in [1.54, 1.807) is 24.0 Å². The number of para-hydroxylation sites is 1. The number of nitrogens with one attached hydrogen (secondary N) is 1. The Morgan fingerprint density at radius 3 is 2.74 bits per heavy atom. The van der Waals surface area contributed by atoms with Gasteiger partial charge in [-0.3, -0.25) is 14.4 Å². The van der Waals surface area contributed by atoms with E-state index < -0.39 is 0 Å². The summed E-state index contributed by atoms with van der Waals surface area (Å²) in [4.78, 5) is 40.6. The van der Waals surface area contributed by atoms with Gasteiger partial charge in [0, 0.05) is 23.5 Å². The smallest absolute Gasteiger partial charge is 0.310 e. The molecule has 2 heterocycles. The normalized spacial score (nSPS) is 19.5. The second kappa shape index (κ2) is 9.39. The number of amides is 2. The van der Waals surface area contributed by atoms with Gasteiger partial charge in [0.2, 0.25) is 0 Å². The number of nitrogens with zero attached hydrogens (tertiary/aromatic N) is 1. The highest BCUT2D eigenvalue weighted by Gasteiger charge is 2.29. The molecular weight excluding hydrogens is 412 g/mol. The van der Waals surface area contributed by atoms with Crippen LogP contribution in [0.1, 0.15) is 35.7 Å². The van der Waals surface area contributed by atoms with Crippen LogP contribution in [0.2, 0.25) is 0 Å². The number of carbonyl (C=O) groups excluding carboxylic acids is 3. The van der Waals surface area contributed by atoms with Crippen LogP contribution >= 0.6 is 11.8 Å². The number of ether oxygens (including phenoxy) is 1. The molecule has 0 aliphatic carbocycles. The van der Waals surface area contributed by atoms with Crippen LogP contribution < -0.4 is 5.32 Å². The Kier molecular flexibility index (Phi) is 6.42. The number of thioether (sulfide) groups is 1. The average Bonchev–Trinajstić information content (AvgIpc) is 2.80. The molecule has 6 nitrogen and oxygen atoms in total. The van der Waals surface area contributed by atoms with Crippen molar-refractivity contribution in [2.45, 2.75) is 24.7 Å². The number of piperidine rings is 1. The molecule has 7 heteroatoms. The van der Waals surface area contributed by atoms with Crippen molar-refractivity contribution in [2.75, 3.05) is 25.0 Å². The molecule has 0 spiro atoms. The van der Waals surface area contributed by atoms with Crippen molar-refractivity contribution in [3.05, 3.63) is 64.6 Å². The standard InChI is InChI=1S/C24H24N2O4S/c1-2-30-24(29)18-6-5-13-26(15-18)23(28)17-11-9-16(10-12-17)14-21-22(27)25-19-7-3-4-8-20(19)31-21/h3-4,7-12,14,18H,2,5-6,13,15H2,1H3,(H,25,27)/b21-14+. The van der Waals surface area contributed by atoms with Crippen LogP contribution in [0.3, 0.4) is 0 Å². The lowest BCUT2D eigenvalue weighted by Gasteiger charge is -2.31. The fraction of sp³-hybridized carbons (Fsp3) is 0.292. The minimum Gasteiger partial charge on any atom is -0.466 e. The summed E-state index contributed by atoms with van der Waals surface area (Å²) in [7, 11) is 0. The summed E-state index contributed by atoms with van der Waals surface area (Å²) in [5.74, 6) is -0.715. The van der Waals surface area contributed by atoms with Crippen LogP contribution in [0.4, 0.5) is 5.69 Å². The first kappa shape index (κ1) is 21.2. The Morgan fingerprint density at radius 2 is 1.97 bits per heavy atom. The Balaban J connectivity index is 1.45. The fourth-order valence-corrected chi connectivity index (χ4v) is 4.72. The van der Waals surface area contributed by atoms with E-state index in [0.717, 1.165) is 29.0 Å². The van der Waals surface area contributed by atoms with Crippen molar-refractivity contribution in [3.63, 3.8) is 0 Å². The molecule has 0 radical (unpaired) electrons. The van der Waals surface area contributed by atoms with Crippen molar-refractivity contribution in [1.82, 2.24) is 4.90 Å². The van der Waals surface area contributed by atoms with Gasteiger partial charge < -0.3 is 15.0 Å². The molecule has 160 valence electrons. The maximum atomic E-state index is 12.9. The number of carbonyl (C=O) groups is 3. The van der Waals surface area contributed by atoms with Gasteiger partial charge in [-0.25, -0.2) is 0 Å². The number of benzene rings is 2. The molecule has 2 amide bonds. The molecule has 1 saturated heterocycles. The van der Waals surface area contributed by atoms with E-state index in [1.807, 2.05) is 42.5 Å². The molecule has 1 N–H and O–H groups in total. The van der Waals surface area contributed by atoms with E-state index in [2.05, 4.69) is 5.32 Å². The molecule has 0 bridgehead atoms. The van der Waals surface area contributed by atoms with Crippen LogP contribution in [-0.4, -0.2) is 42.4 Å². The number of fused-ring (bicyclic) bond motifs is 1. The summed E-state index contributed by atoms with van der Waals surface area (Å²) in [5, 5.41) is 2.90. The fourth-order valence-electron chi connectivity index (χ4n) is 3.77. The number of esters is 1. The Hall–Kier alpha value is -3.06. The van der Waals surface area contributed by atoms with E-state index >= 15 is 0 Å². The van der Waals surface area contributed by atoms with Gasteiger partial charge in [0.15, 0.2) is 0 Å². The quantitative estimate of drug-likeness (QED) is 0.575. The van der Waals surface area contributed by atoms with Crippen molar-refractivity contribution in [2.24, 2.45) is 5.92 Å². The van der Waals surface area contributed by atoms with Gasteiger partial charge in [-0.05, 0) is 55.7 Å². The molecule has 0 aromatic heterocycles. The van der Waals surface area contributed by atoms with Gasteiger partial charge in [-0.15, -0.1) is 0 Å². The number of hydrogen-bond acceptors (Lipinski definition) is 5. The molecule has 1 unspecified atom stereocenters. The predicted octanol–water partition coefficient (Wildman–Crippen LogP) is 4.19. The molecule has 0 saturated carbocycles. The van der Waals surface area contributed by atoms with E-state index in [9.17, 15) is 14.4 Å². The molecule has 1 atom stereocenters. The summed E-state index contributed by atoms with van der Waals surface area (Å²) in [5.41, 5.74) is 2.23. The minimum absolute atomic E-state index is 0.0908. The highest BCUT2D eigenvalue weighted by molar-refractivity contribution is 8.04. The largest absolute Gasteiger partial charge is 0.466 e. The van der Waals surface area contributed by atoms with Crippen molar-refractivity contribution in [1.29, 1.82) is 0 Å². The third kappa shape index (κ3) is 4.82. The number of likely N-dealkylation sites (tertiary alicyclic amines) is 1. The maximum Gasteiger partial charge on any atom is 0.310 e. The van der Waals surface area contributed by atoms with Gasteiger partial charge in [-0.2, -0.15) is 0 Å². The maximum absolute atomic E-state index is 12.9. The predicted molar refractivity (Wildman–Crippen MR) is 121 cm³/mol.